The fraction of sp³-hybridized carbons (Fsp3) is 0.0667. The van der Waals surface area contributed by atoms with E-state index in [9.17, 15) is 0 Å². The van der Waals surface area contributed by atoms with E-state index in [1.165, 1.54) is 55.3 Å². The zero-order chi connectivity index (χ0) is 19.9. The van der Waals surface area contributed by atoms with Crippen molar-refractivity contribution in [1.82, 2.24) is 0 Å². The van der Waals surface area contributed by atoms with E-state index in [2.05, 4.69) is 109 Å². The molecule has 142 valence electrons. The predicted molar refractivity (Wildman–Crippen MR) is 127 cm³/mol. The lowest BCUT2D eigenvalue weighted by molar-refractivity contribution is 1.01. The second-order valence-electron chi connectivity index (χ2n) is 8.17. The van der Waals surface area contributed by atoms with Gasteiger partial charge >= 0.3 is 0 Å². The summed E-state index contributed by atoms with van der Waals surface area (Å²) in [5, 5.41) is 2.67. The third kappa shape index (κ3) is 2.84. The molecule has 0 aromatic heterocycles. The lowest BCUT2D eigenvalue weighted by atomic mass is 9.78. The molecule has 0 heteroatoms. The molecular weight excluding hydrogens is 360 g/mol. The molecule has 0 saturated carbocycles. The summed E-state index contributed by atoms with van der Waals surface area (Å²) in [4.78, 5) is 0. The molecule has 1 aliphatic carbocycles. The highest BCUT2D eigenvalue weighted by Crippen LogP contribution is 2.40. The van der Waals surface area contributed by atoms with Crippen LogP contribution in [0.25, 0.3) is 33.0 Å². The number of hydrogen-bond acceptors (Lipinski definition) is 0. The SMILES string of the molecule is c1ccc(-c2ccc(-c3ccccc3)c3c2Cc2cc4ccccc4cc2C3)cc1. The third-order valence-electron chi connectivity index (χ3n) is 6.40. The first-order chi connectivity index (χ1) is 14.9. The van der Waals surface area contributed by atoms with Crippen LogP contribution in [0, 0.1) is 0 Å². The van der Waals surface area contributed by atoms with E-state index in [1.54, 1.807) is 0 Å². The van der Waals surface area contributed by atoms with Crippen LogP contribution in [-0.4, -0.2) is 0 Å². The van der Waals surface area contributed by atoms with Crippen LogP contribution >= 0.6 is 0 Å². The smallest absolute Gasteiger partial charge is 0.00135 e. The molecule has 30 heavy (non-hydrogen) atoms. The van der Waals surface area contributed by atoms with Gasteiger partial charge in [0.15, 0.2) is 0 Å². The van der Waals surface area contributed by atoms with Crippen LogP contribution < -0.4 is 0 Å². The molecule has 5 aromatic rings. The largest absolute Gasteiger partial charge is 0.0622 e. The van der Waals surface area contributed by atoms with Gasteiger partial charge in [0, 0.05) is 0 Å². The summed E-state index contributed by atoms with van der Waals surface area (Å²) >= 11 is 0. The molecule has 0 unspecified atom stereocenters. The van der Waals surface area contributed by atoms with Gasteiger partial charge in [-0.3, -0.25) is 0 Å². The van der Waals surface area contributed by atoms with E-state index in [1.807, 2.05) is 0 Å². The average Bonchev–Trinajstić information content (AvgIpc) is 2.82. The summed E-state index contributed by atoms with van der Waals surface area (Å²) < 4.78 is 0. The Hall–Kier alpha value is -3.64. The van der Waals surface area contributed by atoms with E-state index >= 15 is 0 Å². The quantitative estimate of drug-likeness (QED) is 0.288. The Labute approximate surface area is 177 Å². The first-order valence-electron chi connectivity index (χ1n) is 10.6. The summed E-state index contributed by atoms with van der Waals surface area (Å²) in [6.07, 6.45) is 1.97. The van der Waals surface area contributed by atoms with Gasteiger partial charge < -0.3 is 0 Å². The van der Waals surface area contributed by atoms with Crippen molar-refractivity contribution in [2.75, 3.05) is 0 Å². The molecule has 0 aliphatic heterocycles. The Kier molecular flexibility index (Phi) is 4.02. The monoisotopic (exact) mass is 382 g/mol. The molecule has 0 bridgehead atoms. The molecule has 0 fully saturated rings. The van der Waals surface area contributed by atoms with E-state index < -0.39 is 0 Å². The number of rotatable bonds is 2. The summed E-state index contributed by atoms with van der Waals surface area (Å²) in [7, 11) is 0. The number of fused-ring (bicyclic) bond motifs is 3. The van der Waals surface area contributed by atoms with Gasteiger partial charge in [-0.05, 0) is 68.1 Å². The Morgan fingerprint density at radius 2 is 0.800 bits per heavy atom. The fourth-order valence-corrected chi connectivity index (χ4v) is 4.92. The van der Waals surface area contributed by atoms with Gasteiger partial charge in [-0.2, -0.15) is 0 Å². The molecule has 0 nitrogen and oxygen atoms in total. The summed E-state index contributed by atoms with van der Waals surface area (Å²) in [6, 6.07) is 39.8. The lowest BCUT2D eigenvalue weighted by Gasteiger charge is -2.26. The van der Waals surface area contributed by atoms with Crippen molar-refractivity contribution >= 4 is 10.8 Å². The van der Waals surface area contributed by atoms with Crippen LogP contribution in [0.5, 0.6) is 0 Å². The second-order valence-corrected chi connectivity index (χ2v) is 8.17. The summed E-state index contributed by atoms with van der Waals surface area (Å²) in [6.45, 7) is 0. The Morgan fingerprint density at radius 1 is 0.400 bits per heavy atom. The van der Waals surface area contributed by atoms with Gasteiger partial charge in [0.1, 0.15) is 0 Å². The Morgan fingerprint density at radius 3 is 1.23 bits per heavy atom. The topological polar surface area (TPSA) is 0 Å². The standard InChI is InChI=1S/C30H22/c1-3-9-21(10-4-1)27-15-16-28(22-11-5-2-6-12-22)30-20-26-18-24-14-8-7-13-23(24)17-25(26)19-29(27)30/h1-18H,19-20H2. The van der Waals surface area contributed by atoms with Gasteiger partial charge in [-0.25, -0.2) is 0 Å². The van der Waals surface area contributed by atoms with E-state index in [4.69, 9.17) is 0 Å². The highest BCUT2D eigenvalue weighted by molar-refractivity contribution is 5.86. The van der Waals surface area contributed by atoms with Gasteiger partial charge in [-0.1, -0.05) is 109 Å². The van der Waals surface area contributed by atoms with E-state index in [-0.39, 0.29) is 0 Å². The molecule has 5 aromatic carbocycles. The van der Waals surface area contributed by atoms with Crippen molar-refractivity contribution in [2.45, 2.75) is 12.8 Å². The molecule has 0 spiro atoms. The normalized spacial score (nSPS) is 12.4. The van der Waals surface area contributed by atoms with Gasteiger partial charge in [-0.15, -0.1) is 0 Å². The number of benzene rings is 5. The maximum Gasteiger partial charge on any atom is -0.00135 e. The van der Waals surface area contributed by atoms with Crippen molar-refractivity contribution < 1.29 is 0 Å². The Balaban J connectivity index is 1.59. The van der Waals surface area contributed by atoms with Crippen LogP contribution in [0.3, 0.4) is 0 Å². The molecule has 0 atom stereocenters. The van der Waals surface area contributed by atoms with Crippen molar-refractivity contribution in [3.05, 3.63) is 131 Å². The predicted octanol–water partition coefficient (Wildman–Crippen LogP) is 7.67. The summed E-state index contributed by atoms with van der Waals surface area (Å²) in [5.74, 6) is 0. The van der Waals surface area contributed by atoms with E-state index in [0.717, 1.165) is 12.8 Å². The van der Waals surface area contributed by atoms with Crippen molar-refractivity contribution in [2.24, 2.45) is 0 Å². The van der Waals surface area contributed by atoms with Crippen LogP contribution in [0.4, 0.5) is 0 Å². The van der Waals surface area contributed by atoms with Crippen molar-refractivity contribution in [1.29, 1.82) is 0 Å². The molecule has 0 radical (unpaired) electrons. The minimum atomic E-state index is 0.987. The minimum absolute atomic E-state index is 0.987. The number of hydrogen-bond donors (Lipinski definition) is 0. The van der Waals surface area contributed by atoms with E-state index in [0.29, 0.717) is 0 Å². The molecule has 1 aliphatic rings. The zero-order valence-corrected chi connectivity index (χ0v) is 16.8. The van der Waals surface area contributed by atoms with Crippen LogP contribution in [-0.2, 0) is 12.8 Å². The van der Waals surface area contributed by atoms with Crippen molar-refractivity contribution in [3.63, 3.8) is 0 Å². The van der Waals surface area contributed by atoms with Crippen molar-refractivity contribution in [3.8, 4) is 22.3 Å². The first-order valence-corrected chi connectivity index (χ1v) is 10.6. The minimum Gasteiger partial charge on any atom is -0.0622 e. The maximum absolute atomic E-state index is 2.40. The molecular formula is C30H22. The van der Waals surface area contributed by atoms with Gasteiger partial charge in [0.05, 0.1) is 0 Å². The fourth-order valence-electron chi connectivity index (χ4n) is 4.92. The second kappa shape index (κ2) is 7.00. The van der Waals surface area contributed by atoms with Crippen LogP contribution in [0.2, 0.25) is 0 Å². The molecule has 0 N–H and O–H groups in total. The highest BCUT2D eigenvalue weighted by Gasteiger charge is 2.22. The van der Waals surface area contributed by atoms with Crippen LogP contribution in [0.15, 0.2) is 109 Å². The Bertz CT molecular complexity index is 1260. The average molecular weight is 383 g/mol. The molecule has 0 heterocycles. The summed E-state index contributed by atoms with van der Waals surface area (Å²) in [5.41, 5.74) is 11.2. The highest BCUT2D eigenvalue weighted by atomic mass is 14.3. The molecule has 0 amide bonds. The maximum atomic E-state index is 2.40. The molecule has 0 saturated heterocycles. The first kappa shape index (κ1) is 17.2. The van der Waals surface area contributed by atoms with Gasteiger partial charge in [0.25, 0.3) is 0 Å². The van der Waals surface area contributed by atoms with Gasteiger partial charge in [0.2, 0.25) is 0 Å². The molecule has 6 rings (SSSR count). The lowest BCUT2D eigenvalue weighted by Crippen LogP contribution is -2.10. The van der Waals surface area contributed by atoms with Crippen LogP contribution in [0.1, 0.15) is 22.3 Å². The zero-order valence-electron chi connectivity index (χ0n) is 16.8. The third-order valence-corrected chi connectivity index (χ3v) is 6.40.